The zero-order valence-corrected chi connectivity index (χ0v) is 9.78. The van der Waals surface area contributed by atoms with E-state index in [1.807, 2.05) is 14.1 Å². The van der Waals surface area contributed by atoms with Crippen LogP contribution in [0, 0.1) is 0 Å². The molecule has 1 aromatic rings. The fourth-order valence-corrected chi connectivity index (χ4v) is 1.25. The summed E-state index contributed by atoms with van der Waals surface area (Å²) in [5.74, 6) is -0.356. The molecule has 0 atom stereocenters. The summed E-state index contributed by atoms with van der Waals surface area (Å²) in [5, 5.41) is 1.77. The Morgan fingerprint density at radius 3 is 2.69 bits per heavy atom. The fourth-order valence-electron chi connectivity index (χ4n) is 1.25. The lowest BCUT2D eigenvalue weighted by Gasteiger charge is -2.15. The van der Waals surface area contributed by atoms with Crippen molar-refractivity contribution in [2.45, 2.75) is 6.92 Å². The Hall–Kier alpha value is -1.75. The molecule has 16 heavy (non-hydrogen) atoms. The summed E-state index contributed by atoms with van der Waals surface area (Å²) >= 11 is 0. The van der Waals surface area contributed by atoms with Gasteiger partial charge in [-0.1, -0.05) is 0 Å². The molecule has 0 heterocycles. The predicted octanol–water partition coefficient (Wildman–Crippen LogP) is 1.33. The highest BCUT2D eigenvalue weighted by Gasteiger charge is 2.08. The number of hydrogen-bond donors (Lipinski definition) is 2. The number of carbonyl (C=O) groups is 1. The van der Waals surface area contributed by atoms with Crippen LogP contribution in [0.15, 0.2) is 18.2 Å². The Labute approximate surface area is 95.2 Å². The van der Waals surface area contributed by atoms with Gasteiger partial charge in [-0.2, -0.15) is 0 Å². The molecule has 0 aromatic heterocycles. The fraction of sp³-hybridized carbons (Fsp3) is 0.364. The van der Waals surface area contributed by atoms with Gasteiger partial charge in [-0.05, 0) is 25.1 Å². The van der Waals surface area contributed by atoms with Gasteiger partial charge in [-0.3, -0.25) is 0 Å². The molecule has 0 saturated carbocycles. The highest BCUT2D eigenvalue weighted by atomic mass is 16.5. The lowest BCUT2D eigenvalue weighted by atomic mass is 10.2. The van der Waals surface area contributed by atoms with E-state index in [0.29, 0.717) is 17.9 Å². The first kappa shape index (κ1) is 12.3. The van der Waals surface area contributed by atoms with Crippen LogP contribution < -0.4 is 11.2 Å². The number of nitrogen functional groups attached to an aromatic ring is 1. The van der Waals surface area contributed by atoms with E-state index >= 15 is 0 Å². The van der Waals surface area contributed by atoms with Crippen molar-refractivity contribution in [1.82, 2.24) is 5.01 Å². The number of benzene rings is 1. The van der Waals surface area contributed by atoms with E-state index < -0.39 is 0 Å². The van der Waals surface area contributed by atoms with Crippen LogP contribution in [0.4, 0.5) is 11.4 Å². The van der Waals surface area contributed by atoms with Crippen molar-refractivity contribution in [3.63, 3.8) is 0 Å². The van der Waals surface area contributed by atoms with E-state index in [-0.39, 0.29) is 5.97 Å². The van der Waals surface area contributed by atoms with E-state index in [9.17, 15) is 4.79 Å². The second kappa shape index (κ2) is 5.37. The third kappa shape index (κ3) is 3.13. The monoisotopic (exact) mass is 223 g/mol. The molecule has 0 radical (unpaired) electrons. The number of carbonyl (C=O) groups excluding carboxylic acids is 1. The third-order valence-corrected chi connectivity index (χ3v) is 1.91. The Morgan fingerprint density at radius 1 is 1.50 bits per heavy atom. The number of hydrazine groups is 1. The van der Waals surface area contributed by atoms with Crippen LogP contribution in [0.1, 0.15) is 17.3 Å². The Kier molecular flexibility index (Phi) is 4.13. The first-order valence-electron chi connectivity index (χ1n) is 5.05. The maximum atomic E-state index is 11.4. The Balaban J connectivity index is 2.86. The molecule has 1 rings (SSSR count). The smallest absolute Gasteiger partial charge is 0.338 e. The van der Waals surface area contributed by atoms with Crippen LogP contribution in [0.3, 0.4) is 0 Å². The lowest BCUT2D eigenvalue weighted by molar-refractivity contribution is 0.0526. The predicted molar refractivity (Wildman–Crippen MR) is 64.1 cm³/mol. The summed E-state index contributed by atoms with van der Waals surface area (Å²) in [6.07, 6.45) is 0. The molecule has 5 heteroatoms. The zero-order chi connectivity index (χ0) is 12.1. The molecule has 0 saturated heterocycles. The van der Waals surface area contributed by atoms with Gasteiger partial charge in [0.2, 0.25) is 0 Å². The summed E-state index contributed by atoms with van der Waals surface area (Å²) in [7, 11) is 3.72. The number of nitrogens with one attached hydrogen (secondary N) is 1. The number of nitrogens with zero attached hydrogens (tertiary/aromatic N) is 1. The van der Waals surface area contributed by atoms with E-state index in [1.54, 1.807) is 30.1 Å². The van der Waals surface area contributed by atoms with Gasteiger partial charge in [-0.15, -0.1) is 0 Å². The largest absolute Gasteiger partial charge is 0.462 e. The molecule has 0 amide bonds. The van der Waals surface area contributed by atoms with Crippen LogP contribution in [0.2, 0.25) is 0 Å². The molecular weight excluding hydrogens is 206 g/mol. The Bertz CT molecular complexity index is 377. The van der Waals surface area contributed by atoms with Gasteiger partial charge >= 0.3 is 5.97 Å². The van der Waals surface area contributed by atoms with E-state index in [0.717, 1.165) is 5.69 Å². The van der Waals surface area contributed by atoms with E-state index in [1.165, 1.54) is 0 Å². The number of esters is 1. The molecule has 0 aliphatic rings. The van der Waals surface area contributed by atoms with E-state index in [4.69, 9.17) is 10.5 Å². The normalized spacial score (nSPS) is 10.2. The lowest BCUT2D eigenvalue weighted by Crippen LogP contribution is -2.20. The van der Waals surface area contributed by atoms with Crippen LogP contribution in [-0.2, 0) is 4.74 Å². The molecule has 5 nitrogen and oxygen atoms in total. The Morgan fingerprint density at radius 2 is 2.19 bits per heavy atom. The van der Waals surface area contributed by atoms with Crippen molar-refractivity contribution in [2.24, 2.45) is 0 Å². The first-order valence-corrected chi connectivity index (χ1v) is 5.05. The summed E-state index contributed by atoms with van der Waals surface area (Å²) in [6, 6.07) is 5.03. The summed E-state index contributed by atoms with van der Waals surface area (Å²) < 4.78 is 4.88. The summed E-state index contributed by atoms with van der Waals surface area (Å²) in [6.45, 7) is 2.12. The molecular formula is C11H17N3O2. The maximum Gasteiger partial charge on any atom is 0.338 e. The quantitative estimate of drug-likeness (QED) is 0.458. The highest BCUT2D eigenvalue weighted by Crippen LogP contribution is 2.20. The topological polar surface area (TPSA) is 67.6 Å². The average Bonchev–Trinajstić information content (AvgIpc) is 2.20. The van der Waals surface area contributed by atoms with Crippen molar-refractivity contribution >= 4 is 17.3 Å². The van der Waals surface area contributed by atoms with Gasteiger partial charge in [-0.25, -0.2) is 9.80 Å². The molecule has 0 fully saturated rings. The molecule has 0 bridgehead atoms. The zero-order valence-electron chi connectivity index (χ0n) is 9.78. The first-order chi connectivity index (χ1) is 7.54. The van der Waals surface area contributed by atoms with Gasteiger partial charge < -0.3 is 15.9 Å². The number of rotatable bonds is 4. The second-order valence-corrected chi connectivity index (χ2v) is 3.53. The van der Waals surface area contributed by atoms with Crippen molar-refractivity contribution < 1.29 is 9.53 Å². The SMILES string of the molecule is CCOC(=O)c1ccc(NN(C)C)c(N)c1. The van der Waals surface area contributed by atoms with Crippen molar-refractivity contribution in [3.05, 3.63) is 23.8 Å². The van der Waals surface area contributed by atoms with Gasteiger partial charge in [0.15, 0.2) is 0 Å². The molecule has 0 aliphatic carbocycles. The minimum Gasteiger partial charge on any atom is -0.462 e. The maximum absolute atomic E-state index is 11.4. The molecule has 0 aliphatic heterocycles. The molecule has 88 valence electrons. The minimum absolute atomic E-state index is 0.356. The number of ether oxygens (including phenoxy) is 1. The van der Waals surface area contributed by atoms with Gasteiger partial charge in [0.25, 0.3) is 0 Å². The standard InChI is InChI=1S/C11H17N3O2/c1-4-16-11(15)8-5-6-10(9(12)7-8)13-14(2)3/h5-7,13H,4,12H2,1-3H3. The minimum atomic E-state index is -0.356. The molecule has 0 spiro atoms. The second-order valence-electron chi connectivity index (χ2n) is 3.53. The van der Waals surface area contributed by atoms with Crippen molar-refractivity contribution in [1.29, 1.82) is 0 Å². The number of nitrogens with two attached hydrogens (primary N) is 1. The van der Waals surface area contributed by atoms with Crippen LogP contribution in [0.5, 0.6) is 0 Å². The van der Waals surface area contributed by atoms with Gasteiger partial charge in [0, 0.05) is 14.1 Å². The van der Waals surface area contributed by atoms with Crippen molar-refractivity contribution in [2.75, 3.05) is 31.9 Å². The number of hydrogen-bond acceptors (Lipinski definition) is 5. The summed E-state index contributed by atoms with van der Waals surface area (Å²) in [4.78, 5) is 11.4. The van der Waals surface area contributed by atoms with Crippen LogP contribution in [0.25, 0.3) is 0 Å². The summed E-state index contributed by atoms with van der Waals surface area (Å²) in [5.41, 5.74) is 10.6. The van der Waals surface area contributed by atoms with E-state index in [2.05, 4.69) is 5.43 Å². The molecule has 3 N–H and O–H groups in total. The number of anilines is 2. The highest BCUT2D eigenvalue weighted by molar-refractivity contribution is 5.91. The average molecular weight is 223 g/mol. The molecule has 1 aromatic carbocycles. The molecule has 0 unspecified atom stereocenters. The third-order valence-electron chi connectivity index (χ3n) is 1.91. The van der Waals surface area contributed by atoms with Gasteiger partial charge in [0.05, 0.1) is 23.5 Å². The van der Waals surface area contributed by atoms with Gasteiger partial charge in [0.1, 0.15) is 0 Å². The van der Waals surface area contributed by atoms with Crippen LogP contribution >= 0.6 is 0 Å². The van der Waals surface area contributed by atoms with Crippen molar-refractivity contribution in [3.8, 4) is 0 Å². The van der Waals surface area contributed by atoms with Crippen LogP contribution in [-0.4, -0.2) is 31.7 Å².